The van der Waals surface area contributed by atoms with Crippen LogP contribution >= 0.6 is 0 Å². The summed E-state index contributed by atoms with van der Waals surface area (Å²) in [6.45, 7) is 0. The van der Waals surface area contributed by atoms with Crippen molar-refractivity contribution >= 4 is 23.2 Å². The number of amidine groups is 1. The van der Waals surface area contributed by atoms with Crippen molar-refractivity contribution < 1.29 is 19.0 Å². The molecule has 2 saturated carbocycles. The summed E-state index contributed by atoms with van der Waals surface area (Å²) in [5.41, 5.74) is 7.36. The highest BCUT2D eigenvalue weighted by Crippen LogP contribution is 2.48. The van der Waals surface area contributed by atoms with Crippen LogP contribution in [0.3, 0.4) is 0 Å². The topological polar surface area (TPSA) is 136 Å². The van der Waals surface area contributed by atoms with Crippen molar-refractivity contribution in [3.63, 3.8) is 0 Å². The van der Waals surface area contributed by atoms with Crippen LogP contribution in [0, 0.1) is 5.82 Å². The van der Waals surface area contributed by atoms with Gasteiger partial charge in [0.05, 0.1) is 23.4 Å². The third-order valence-electron chi connectivity index (χ3n) is 6.34. The lowest BCUT2D eigenvalue weighted by molar-refractivity contribution is -0.140. The molecule has 0 amide bonds. The quantitative estimate of drug-likeness (QED) is 0.322. The number of anilines is 1. The first-order valence-electron chi connectivity index (χ1n) is 11.6. The molecule has 0 atom stereocenters. The minimum absolute atomic E-state index is 0.0205. The number of aliphatic imine (C=N–C) groups is 1. The molecule has 1 aromatic carbocycles. The number of nitrogens with one attached hydrogen (secondary N) is 1. The summed E-state index contributed by atoms with van der Waals surface area (Å²) < 4.78 is 20.9. The van der Waals surface area contributed by atoms with Gasteiger partial charge in [-0.25, -0.2) is 4.39 Å². The predicted molar refractivity (Wildman–Crippen MR) is 133 cm³/mol. The third kappa shape index (κ3) is 4.61. The van der Waals surface area contributed by atoms with E-state index >= 15 is 4.39 Å². The fraction of sp³-hybridized carbons (Fsp3) is 0.269. The number of hydrogen-bond acceptors (Lipinski definition) is 7. The second kappa shape index (κ2) is 9.37. The summed E-state index contributed by atoms with van der Waals surface area (Å²) in [6, 6.07) is 8.48. The molecular weight excluding hydrogens is 463 g/mol. The largest absolute Gasteiger partial charge is 0.481 e. The van der Waals surface area contributed by atoms with Crippen molar-refractivity contribution in [2.24, 2.45) is 10.7 Å². The highest BCUT2D eigenvalue weighted by atomic mass is 19.1. The van der Waals surface area contributed by atoms with Crippen LogP contribution in [0.15, 0.2) is 60.1 Å². The van der Waals surface area contributed by atoms with Gasteiger partial charge in [0.2, 0.25) is 5.88 Å². The summed E-state index contributed by atoms with van der Waals surface area (Å²) >= 11 is 0. The van der Waals surface area contributed by atoms with Gasteiger partial charge in [0.15, 0.2) is 5.82 Å². The maximum Gasteiger partial charge on any atom is 0.314 e. The molecule has 0 unspecified atom stereocenters. The highest BCUT2D eigenvalue weighted by Gasteiger charge is 2.51. The zero-order valence-electron chi connectivity index (χ0n) is 19.6. The Morgan fingerprint density at radius 3 is 2.56 bits per heavy atom. The lowest BCUT2D eigenvalue weighted by atomic mass is 9.94. The smallest absolute Gasteiger partial charge is 0.314 e. The molecule has 0 spiro atoms. The Morgan fingerprint density at radius 2 is 1.97 bits per heavy atom. The van der Waals surface area contributed by atoms with E-state index in [-0.39, 0.29) is 23.2 Å². The van der Waals surface area contributed by atoms with E-state index < -0.39 is 17.2 Å². The van der Waals surface area contributed by atoms with Gasteiger partial charge in [-0.3, -0.25) is 19.8 Å². The molecular formula is C26H25FN6O3. The van der Waals surface area contributed by atoms with E-state index in [0.29, 0.717) is 30.1 Å². The number of rotatable bonds is 8. The summed E-state index contributed by atoms with van der Waals surface area (Å²) in [4.78, 5) is 28.6. The molecule has 0 saturated heterocycles. The summed E-state index contributed by atoms with van der Waals surface area (Å²) in [5, 5.41) is 12.5. The predicted octanol–water partition coefficient (Wildman–Crippen LogP) is 3.78. The zero-order valence-corrected chi connectivity index (χ0v) is 19.6. The molecule has 0 bridgehead atoms. The molecule has 0 radical (unpaired) electrons. The molecule has 3 aromatic rings. The molecule has 2 aromatic heterocycles. The van der Waals surface area contributed by atoms with Crippen molar-refractivity contribution in [3.05, 3.63) is 72.2 Å². The monoisotopic (exact) mass is 488 g/mol. The van der Waals surface area contributed by atoms with Gasteiger partial charge in [-0.15, -0.1) is 0 Å². The Kier molecular flexibility index (Phi) is 6.09. The van der Waals surface area contributed by atoms with E-state index in [1.165, 1.54) is 30.9 Å². The molecule has 36 heavy (non-hydrogen) atoms. The average molecular weight is 489 g/mol. The zero-order chi connectivity index (χ0) is 25.3. The average Bonchev–Trinajstić information content (AvgIpc) is 3.81. The maximum absolute atomic E-state index is 15.2. The fourth-order valence-corrected chi connectivity index (χ4v) is 3.98. The number of aromatic nitrogens is 3. The summed E-state index contributed by atoms with van der Waals surface area (Å²) in [7, 11) is 1.54. The highest BCUT2D eigenvalue weighted by molar-refractivity contribution is 6.27. The van der Waals surface area contributed by atoms with Crippen LogP contribution in [0.1, 0.15) is 36.9 Å². The van der Waals surface area contributed by atoms with Gasteiger partial charge in [0.1, 0.15) is 23.5 Å². The fourth-order valence-electron chi connectivity index (χ4n) is 3.98. The molecule has 2 aliphatic carbocycles. The Hall–Kier alpha value is -4.34. The van der Waals surface area contributed by atoms with Gasteiger partial charge in [0.25, 0.3) is 0 Å². The first-order chi connectivity index (χ1) is 17.4. The van der Waals surface area contributed by atoms with E-state index in [1.54, 1.807) is 31.3 Å². The first-order valence-corrected chi connectivity index (χ1v) is 11.6. The van der Waals surface area contributed by atoms with Crippen molar-refractivity contribution in [2.45, 2.75) is 37.2 Å². The van der Waals surface area contributed by atoms with Crippen molar-refractivity contribution in [1.82, 2.24) is 15.0 Å². The standard InChI is InChI=1S/C26H25FN6O3/c1-29-24(33-21-13-30-14-22(32-21)36-18-6-7-18)19(11-28)23-20(27)10-16(12-31-23)15-2-4-17(5-3-15)26(8-9-26)25(34)35/h2-5,10-14,18H,6-9,28H2,1H3,(H,34,35)(H,29,32,33). The molecule has 9 nitrogen and oxygen atoms in total. The second-order valence-corrected chi connectivity index (χ2v) is 8.86. The number of ether oxygens (including phenoxy) is 1. The molecule has 10 heteroatoms. The van der Waals surface area contributed by atoms with Crippen LogP contribution < -0.4 is 15.8 Å². The van der Waals surface area contributed by atoms with Gasteiger partial charge >= 0.3 is 5.97 Å². The normalized spacial score (nSPS) is 16.9. The number of halogens is 1. The Labute approximate surface area is 207 Å². The molecule has 184 valence electrons. The summed E-state index contributed by atoms with van der Waals surface area (Å²) in [6.07, 6.45) is 9.22. The van der Waals surface area contributed by atoms with E-state index in [0.717, 1.165) is 24.0 Å². The summed E-state index contributed by atoms with van der Waals surface area (Å²) in [5.74, 6) is -0.366. The van der Waals surface area contributed by atoms with Crippen LogP contribution in [0.25, 0.3) is 16.7 Å². The van der Waals surface area contributed by atoms with Crippen LogP contribution in [0.4, 0.5) is 10.2 Å². The first kappa shape index (κ1) is 23.4. The van der Waals surface area contributed by atoms with Crippen LogP contribution in [-0.4, -0.2) is 45.0 Å². The number of benzene rings is 1. The lowest BCUT2D eigenvalue weighted by Crippen LogP contribution is -2.19. The number of nitrogens with two attached hydrogens (primary N) is 1. The van der Waals surface area contributed by atoms with Gasteiger partial charge in [-0.2, -0.15) is 4.98 Å². The molecule has 2 heterocycles. The van der Waals surface area contributed by atoms with Gasteiger partial charge in [-0.05, 0) is 42.9 Å². The number of carboxylic acids is 1. The number of pyridine rings is 1. The molecule has 5 rings (SSSR count). The van der Waals surface area contributed by atoms with Gasteiger partial charge in [-0.1, -0.05) is 24.3 Å². The molecule has 4 N–H and O–H groups in total. The van der Waals surface area contributed by atoms with Gasteiger partial charge < -0.3 is 20.9 Å². The number of carbonyl (C=O) groups is 1. The molecule has 2 aliphatic rings. The Bertz CT molecular complexity index is 1360. The van der Waals surface area contributed by atoms with E-state index in [1.807, 2.05) is 0 Å². The minimum atomic E-state index is -0.816. The van der Waals surface area contributed by atoms with Gasteiger partial charge in [0, 0.05) is 25.0 Å². The van der Waals surface area contributed by atoms with Crippen molar-refractivity contribution in [2.75, 3.05) is 12.4 Å². The minimum Gasteiger partial charge on any atom is -0.481 e. The van der Waals surface area contributed by atoms with Crippen molar-refractivity contribution in [3.8, 4) is 17.0 Å². The third-order valence-corrected chi connectivity index (χ3v) is 6.34. The number of hydrogen-bond donors (Lipinski definition) is 3. The van der Waals surface area contributed by atoms with E-state index in [4.69, 9.17) is 10.5 Å². The number of nitrogens with zero attached hydrogens (tertiary/aromatic N) is 4. The van der Waals surface area contributed by atoms with Crippen LogP contribution in [-0.2, 0) is 10.2 Å². The lowest BCUT2D eigenvalue weighted by Gasteiger charge is -2.14. The van der Waals surface area contributed by atoms with Crippen molar-refractivity contribution in [1.29, 1.82) is 0 Å². The Morgan fingerprint density at radius 1 is 1.22 bits per heavy atom. The SMILES string of the molecule is CN=C(Nc1cncc(OC2CC2)n1)C(=CN)c1ncc(-c2ccc(C3(C(=O)O)CC3)cc2)cc1F. The second-order valence-electron chi connectivity index (χ2n) is 8.86. The molecule has 0 aliphatic heterocycles. The van der Waals surface area contributed by atoms with Crippen LogP contribution in [0.5, 0.6) is 5.88 Å². The van der Waals surface area contributed by atoms with E-state index in [9.17, 15) is 9.90 Å². The Balaban J connectivity index is 1.35. The maximum atomic E-state index is 15.2. The number of aliphatic carboxylic acids is 1. The number of carboxylic acid groups (broad SMARTS) is 1. The van der Waals surface area contributed by atoms with Crippen LogP contribution in [0.2, 0.25) is 0 Å². The molecule has 2 fully saturated rings. The van der Waals surface area contributed by atoms with E-state index in [2.05, 4.69) is 25.3 Å².